The number of carboxylic acid groups (broad SMARTS) is 2. The molecule has 6 nitrogen and oxygen atoms in total. The van der Waals surface area contributed by atoms with E-state index in [2.05, 4.69) is 13.8 Å². The molecule has 2 rings (SSSR count). The van der Waals surface area contributed by atoms with Crippen molar-refractivity contribution >= 4 is 11.9 Å². The number of unbranched alkanes of at least 4 members (excludes halogenated alkanes) is 1. The van der Waals surface area contributed by atoms with Gasteiger partial charge in [0.25, 0.3) is 0 Å². The highest BCUT2D eigenvalue weighted by molar-refractivity contribution is 6.27. The third-order valence-electron chi connectivity index (χ3n) is 6.04. The van der Waals surface area contributed by atoms with Gasteiger partial charge in [-0.3, -0.25) is 0 Å². The molecule has 0 spiro atoms. The lowest BCUT2D eigenvalue weighted by atomic mass is 9.60. The van der Waals surface area contributed by atoms with E-state index in [1.807, 2.05) is 0 Å². The lowest BCUT2D eigenvalue weighted by Gasteiger charge is -2.49. The lowest BCUT2D eigenvalue weighted by molar-refractivity contribution is -0.159. The first-order valence-electron chi connectivity index (χ1n) is 8.45. The number of aliphatic hydroxyl groups excluding tert-OH is 1. The van der Waals surface area contributed by atoms with E-state index in [0.29, 0.717) is 18.4 Å². The molecule has 0 heterocycles. The summed E-state index contributed by atoms with van der Waals surface area (Å²) in [6, 6.07) is 0. The first-order chi connectivity index (χ1) is 10.7. The molecule has 4 atom stereocenters. The molecular weight excluding hydrogens is 300 g/mol. The molecular formula is C17H30O6. The van der Waals surface area contributed by atoms with Gasteiger partial charge in [-0.15, -0.1) is 0 Å². The Hall–Kier alpha value is -1.14. The first-order valence-corrected chi connectivity index (χ1v) is 8.45. The van der Waals surface area contributed by atoms with Crippen LogP contribution in [-0.2, 0) is 9.59 Å². The molecule has 4 N–H and O–H groups in total. The van der Waals surface area contributed by atoms with E-state index in [4.69, 9.17) is 24.9 Å². The zero-order chi connectivity index (χ0) is 17.7. The third kappa shape index (κ3) is 4.67. The topological polar surface area (TPSA) is 115 Å². The number of aliphatic carboxylic acids is 2. The fraction of sp³-hybridized carbons (Fsp3) is 0.882. The Labute approximate surface area is 137 Å². The standard InChI is InChI=1S/C15H28O2.C2H2O4/c1-12-6-9-15(17)11-13(5-3-4-10-16)7-8-14(12,15)2;3-1(4)2(5)6/h12-13,16-17H,3-11H2,1-2H3;(H,3,4)(H,5,6). The van der Waals surface area contributed by atoms with E-state index in [1.165, 1.54) is 25.7 Å². The van der Waals surface area contributed by atoms with Gasteiger partial charge in [-0.2, -0.15) is 0 Å². The monoisotopic (exact) mass is 330 g/mol. The van der Waals surface area contributed by atoms with E-state index in [1.54, 1.807) is 0 Å². The van der Waals surface area contributed by atoms with Crippen LogP contribution in [0.15, 0.2) is 0 Å². The van der Waals surface area contributed by atoms with Gasteiger partial charge in [-0.05, 0) is 55.8 Å². The Morgan fingerprint density at radius 3 is 2.22 bits per heavy atom. The molecule has 0 aliphatic heterocycles. The number of hydrogen-bond acceptors (Lipinski definition) is 4. The highest BCUT2D eigenvalue weighted by Crippen LogP contribution is 2.59. The summed E-state index contributed by atoms with van der Waals surface area (Å²) in [5.74, 6) is -2.29. The van der Waals surface area contributed by atoms with Gasteiger partial charge >= 0.3 is 11.9 Å². The van der Waals surface area contributed by atoms with E-state index >= 15 is 0 Å². The van der Waals surface area contributed by atoms with Crippen LogP contribution in [0.2, 0.25) is 0 Å². The molecule has 6 heteroatoms. The molecule has 2 aliphatic carbocycles. The summed E-state index contributed by atoms with van der Waals surface area (Å²) in [7, 11) is 0. The van der Waals surface area contributed by atoms with Crippen LogP contribution in [0.3, 0.4) is 0 Å². The lowest BCUT2D eigenvalue weighted by Crippen LogP contribution is -2.49. The Bertz CT molecular complexity index is 411. The molecule has 134 valence electrons. The molecule has 0 saturated heterocycles. The van der Waals surface area contributed by atoms with Gasteiger partial charge in [-0.25, -0.2) is 9.59 Å². The third-order valence-corrected chi connectivity index (χ3v) is 6.04. The number of hydrogen-bond donors (Lipinski definition) is 4. The van der Waals surface area contributed by atoms with Crippen molar-refractivity contribution in [3.63, 3.8) is 0 Å². The van der Waals surface area contributed by atoms with Crippen LogP contribution in [0, 0.1) is 17.3 Å². The van der Waals surface area contributed by atoms with Crippen LogP contribution in [0.25, 0.3) is 0 Å². The summed E-state index contributed by atoms with van der Waals surface area (Å²) < 4.78 is 0. The van der Waals surface area contributed by atoms with Crippen LogP contribution in [-0.4, -0.2) is 44.6 Å². The second-order valence-corrected chi connectivity index (χ2v) is 7.33. The average molecular weight is 330 g/mol. The van der Waals surface area contributed by atoms with Gasteiger partial charge in [0.15, 0.2) is 0 Å². The molecule has 0 aromatic heterocycles. The molecule has 4 unspecified atom stereocenters. The van der Waals surface area contributed by atoms with E-state index in [-0.39, 0.29) is 5.41 Å². The van der Waals surface area contributed by atoms with Gasteiger partial charge in [-0.1, -0.05) is 26.7 Å². The second kappa shape index (κ2) is 8.11. The van der Waals surface area contributed by atoms with Gasteiger partial charge in [0.1, 0.15) is 0 Å². The SMILES string of the molecule is CC1CCC2(O)CC(CCCCO)CCC12C.O=C(O)C(=O)O. The minimum absolute atomic E-state index is 0.167. The summed E-state index contributed by atoms with van der Waals surface area (Å²) in [5.41, 5.74) is -0.227. The Kier molecular flexibility index (Phi) is 7.02. The van der Waals surface area contributed by atoms with E-state index in [9.17, 15) is 5.11 Å². The maximum Gasteiger partial charge on any atom is 0.414 e. The fourth-order valence-corrected chi connectivity index (χ4v) is 4.21. The van der Waals surface area contributed by atoms with Crippen molar-refractivity contribution in [3.05, 3.63) is 0 Å². The van der Waals surface area contributed by atoms with Crippen molar-refractivity contribution in [1.82, 2.24) is 0 Å². The molecule has 2 fully saturated rings. The quantitative estimate of drug-likeness (QED) is 0.464. The van der Waals surface area contributed by atoms with Gasteiger partial charge in [0, 0.05) is 6.61 Å². The maximum atomic E-state index is 10.9. The van der Waals surface area contributed by atoms with E-state index in [0.717, 1.165) is 25.7 Å². The van der Waals surface area contributed by atoms with E-state index < -0.39 is 17.5 Å². The van der Waals surface area contributed by atoms with Crippen LogP contribution in [0.5, 0.6) is 0 Å². The molecule has 0 bridgehead atoms. The zero-order valence-electron chi connectivity index (χ0n) is 14.1. The number of aliphatic hydroxyl groups is 2. The van der Waals surface area contributed by atoms with Crippen LogP contribution in [0.4, 0.5) is 0 Å². The molecule has 0 aromatic rings. The average Bonchev–Trinajstić information content (AvgIpc) is 2.72. The van der Waals surface area contributed by atoms with Crippen molar-refractivity contribution in [1.29, 1.82) is 0 Å². The molecule has 0 radical (unpaired) electrons. The Morgan fingerprint density at radius 1 is 1.09 bits per heavy atom. The normalized spacial score (nSPS) is 35.8. The highest BCUT2D eigenvalue weighted by Gasteiger charge is 2.56. The minimum Gasteiger partial charge on any atom is -0.473 e. The smallest absolute Gasteiger partial charge is 0.414 e. The molecule has 0 amide bonds. The van der Waals surface area contributed by atoms with Crippen LogP contribution >= 0.6 is 0 Å². The summed E-state index contributed by atoms with van der Waals surface area (Å²) in [4.78, 5) is 18.2. The first kappa shape index (κ1) is 19.9. The molecule has 23 heavy (non-hydrogen) atoms. The Balaban J connectivity index is 0.000000379. The zero-order valence-corrected chi connectivity index (χ0v) is 14.1. The number of carboxylic acids is 2. The summed E-state index contributed by atoms with van der Waals surface area (Å²) >= 11 is 0. The second-order valence-electron chi connectivity index (χ2n) is 7.33. The fourth-order valence-electron chi connectivity index (χ4n) is 4.21. The summed E-state index contributed by atoms with van der Waals surface area (Å²) in [6.07, 6.45) is 8.87. The van der Waals surface area contributed by atoms with Crippen molar-refractivity contribution in [2.24, 2.45) is 17.3 Å². The predicted octanol–water partition coefficient (Wildman–Crippen LogP) is 2.27. The highest BCUT2D eigenvalue weighted by atomic mass is 16.4. The van der Waals surface area contributed by atoms with Crippen molar-refractivity contribution in [3.8, 4) is 0 Å². The van der Waals surface area contributed by atoms with Crippen molar-refractivity contribution in [2.75, 3.05) is 6.61 Å². The maximum absolute atomic E-state index is 10.9. The van der Waals surface area contributed by atoms with Gasteiger partial charge < -0.3 is 20.4 Å². The number of fused-ring (bicyclic) bond motifs is 1. The van der Waals surface area contributed by atoms with Crippen molar-refractivity contribution < 1.29 is 30.0 Å². The molecule has 2 aliphatic rings. The summed E-state index contributed by atoms with van der Waals surface area (Å²) in [5, 5.41) is 34.5. The predicted molar refractivity (Wildman–Crippen MR) is 85.0 cm³/mol. The molecule has 2 saturated carbocycles. The Morgan fingerprint density at radius 2 is 1.70 bits per heavy atom. The molecule has 0 aromatic carbocycles. The largest absolute Gasteiger partial charge is 0.473 e. The minimum atomic E-state index is -1.82. The number of carbonyl (C=O) groups is 2. The summed E-state index contributed by atoms with van der Waals surface area (Å²) in [6.45, 7) is 4.92. The van der Waals surface area contributed by atoms with Crippen molar-refractivity contribution in [2.45, 2.75) is 70.8 Å². The van der Waals surface area contributed by atoms with Crippen LogP contribution < -0.4 is 0 Å². The van der Waals surface area contributed by atoms with Gasteiger partial charge in [0.05, 0.1) is 5.60 Å². The van der Waals surface area contributed by atoms with Crippen LogP contribution in [0.1, 0.15) is 65.2 Å². The van der Waals surface area contributed by atoms with Gasteiger partial charge in [0.2, 0.25) is 0 Å². The number of rotatable bonds is 4.